The van der Waals surface area contributed by atoms with Crippen LogP contribution in [0.25, 0.3) is 11.1 Å². The number of hydrogen-bond donors (Lipinski definition) is 1. The minimum Gasteiger partial charge on any atom is -0.364 e. The van der Waals surface area contributed by atoms with Crippen molar-refractivity contribution in [2.75, 3.05) is 11.4 Å². The van der Waals surface area contributed by atoms with E-state index in [9.17, 15) is 0 Å². The van der Waals surface area contributed by atoms with Gasteiger partial charge in [0.05, 0.1) is 6.54 Å². The van der Waals surface area contributed by atoms with Gasteiger partial charge in [0, 0.05) is 17.4 Å². The van der Waals surface area contributed by atoms with Crippen molar-refractivity contribution in [3.05, 3.63) is 79.1 Å². The molecule has 2 aromatic carbocycles. The molecule has 2 aromatic rings. The number of rotatable bonds is 7. The molecule has 0 aliphatic rings. The van der Waals surface area contributed by atoms with Crippen molar-refractivity contribution < 1.29 is 0 Å². The van der Waals surface area contributed by atoms with E-state index in [0.717, 1.165) is 12.2 Å². The van der Waals surface area contributed by atoms with Crippen molar-refractivity contribution in [1.29, 1.82) is 0 Å². The molecule has 0 bridgehead atoms. The zero-order chi connectivity index (χ0) is 16.7. The van der Waals surface area contributed by atoms with E-state index >= 15 is 0 Å². The molecule has 0 radical (unpaired) electrons. The Morgan fingerprint density at radius 1 is 1.09 bits per heavy atom. The van der Waals surface area contributed by atoms with E-state index < -0.39 is 0 Å². The fraction of sp³-hybridized carbons (Fsp3) is 0.238. The van der Waals surface area contributed by atoms with E-state index in [-0.39, 0.29) is 0 Å². The third kappa shape index (κ3) is 4.49. The lowest BCUT2D eigenvalue weighted by Crippen LogP contribution is -2.34. The fourth-order valence-electron chi connectivity index (χ4n) is 2.60. The van der Waals surface area contributed by atoms with Crippen LogP contribution in [0.5, 0.6) is 0 Å². The molecule has 0 fully saturated rings. The van der Waals surface area contributed by atoms with Gasteiger partial charge in [0.1, 0.15) is 0 Å². The topological polar surface area (TPSA) is 15.3 Å². The van der Waals surface area contributed by atoms with E-state index in [1.165, 1.54) is 16.8 Å². The van der Waals surface area contributed by atoms with Crippen LogP contribution in [-0.2, 0) is 0 Å². The van der Waals surface area contributed by atoms with Crippen LogP contribution in [0.15, 0.2) is 79.1 Å². The minimum atomic E-state index is 0.405. The summed E-state index contributed by atoms with van der Waals surface area (Å²) >= 11 is 0. The van der Waals surface area contributed by atoms with Gasteiger partial charge < -0.3 is 10.2 Å². The maximum atomic E-state index is 3.76. The van der Waals surface area contributed by atoms with Crippen molar-refractivity contribution in [2.24, 2.45) is 0 Å². The monoisotopic (exact) mass is 306 g/mol. The SMILES string of the molecule is C=CN/C(=C\C)CN(c1cccc(-c2ccccc2)c1)C(C)C. The number of hydrogen-bond acceptors (Lipinski definition) is 2. The zero-order valence-corrected chi connectivity index (χ0v) is 14.3. The van der Waals surface area contributed by atoms with Crippen LogP contribution < -0.4 is 10.2 Å². The second-order valence-electron chi connectivity index (χ2n) is 5.80. The number of nitrogens with zero attached hydrogens (tertiary/aromatic N) is 1. The van der Waals surface area contributed by atoms with E-state index in [2.05, 4.69) is 85.3 Å². The summed E-state index contributed by atoms with van der Waals surface area (Å²) in [5.41, 5.74) is 4.87. The first-order chi connectivity index (χ1) is 11.2. The van der Waals surface area contributed by atoms with Gasteiger partial charge in [0.2, 0.25) is 0 Å². The molecular formula is C21H26N2. The van der Waals surface area contributed by atoms with E-state index in [1.54, 1.807) is 6.20 Å². The standard InChI is InChI=1S/C21H26N2/c1-5-20(22-6-2)16-23(17(3)4)21-14-10-13-19(15-21)18-11-8-7-9-12-18/h5-15,17,22H,2,16H2,1,3-4H3/b20-5-. The third-order valence-electron chi connectivity index (χ3n) is 3.88. The molecule has 2 rings (SSSR count). The molecular weight excluding hydrogens is 280 g/mol. The van der Waals surface area contributed by atoms with Crippen LogP contribution in [0, 0.1) is 0 Å². The van der Waals surface area contributed by atoms with Crippen molar-refractivity contribution in [3.63, 3.8) is 0 Å². The second kappa shape index (κ2) is 8.23. The van der Waals surface area contributed by atoms with Crippen LogP contribution in [-0.4, -0.2) is 12.6 Å². The summed E-state index contributed by atoms with van der Waals surface area (Å²) in [6.45, 7) is 11.1. The van der Waals surface area contributed by atoms with Crippen LogP contribution in [0.4, 0.5) is 5.69 Å². The molecule has 2 heteroatoms. The summed E-state index contributed by atoms with van der Waals surface area (Å²) < 4.78 is 0. The van der Waals surface area contributed by atoms with Crippen LogP contribution in [0.2, 0.25) is 0 Å². The van der Waals surface area contributed by atoms with Gasteiger partial charge in [-0.15, -0.1) is 0 Å². The molecule has 0 saturated heterocycles. The van der Waals surface area contributed by atoms with Gasteiger partial charge in [0.25, 0.3) is 0 Å². The Morgan fingerprint density at radius 3 is 2.39 bits per heavy atom. The van der Waals surface area contributed by atoms with Crippen LogP contribution in [0.3, 0.4) is 0 Å². The second-order valence-corrected chi connectivity index (χ2v) is 5.80. The van der Waals surface area contributed by atoms with E-state index in [1.807, 2.05) is 13.0 Å². The van der Waals surface area contributed by atoms with Crippen molar-refractivity contribution in [3.8, 4) is 11.1 Å². The summed E-state index contributed by atoms with van der Waals surface area (Å²) in [5.74, 6) is 0. The van der Waals surface area contributed by atoms with Gasteiger partial charge in [-0.05, 0) is 50.2 Å². The van der Waals surface area contributed by atoms with Gasteiger partial charge in [-0.2, -0.15) is 0 Å². The normalized spacial score (nSPS) is 11.4. The highest BCUT2D eigenvalue weighted by Gasteiger charge is 2.13. The molecule has 0 amide bonds. The Labute approximate surface area is 140 Å². The summed E-state index contributed by atoms with van der Waals surface area (Å²) in [4.78, 5) is 2.39. The van der Waals surface area contributed by atoms with E-state index in [4.69, 9.17) is 0 Å². The molecule has 23 heavy (non-hydrogen) atoms. The third-order valence-corrected chi connectivity index (χ3v) is 3.88. The van der Waals surface area contributed by atoms with Crippen molar-refractivity contribution in [1.82, 2.24) is 5.32 Å². The van der Waals surface area contributed by atoms with Gasteiger partial charge in [-0.25, -0.2) is 0 Å². The number of nitrogens with one attached hydrogen (secondary N) is 1. The first-order valence-electron chi connectivity index (χ1n) is 8.10. The molecule has 0 spiro atoms. The van der Waals surface area contributed by atoms with E-state index in [0.29, 0.717) is 6.04 Å². The average Bonchev–Trinajstić information content (AvgIpc) is 2.59. The Kier molecular flexibility index (Phi) is 6.04. The number of anilines is 1. The summed E-state index contributed by atoms with van der Waals surface area (Å²) in [7, 11) is 0. The summed E-state index contributed by atoms with van der Waals surface area (Å²) in [5, 5.41) is 3.22. The van der Waals surface area contributed by atoms with Gasteiger partial charge in [0.15, 0.2) is 0 Å². The van der Waals surface area contributed by atoms with Crippen molar-refractivity contribution in [2.45, 2.75) is 26.8 Å². The molecule has 0 aliphatic heterocycles. The average molecular weight is 306 g/mol. The maximum Gasteiger partial charge on any atom is 0.0579 e. The molecule has 120 valence electrons. The lowest BCUT2D eigenvalue weighted by molar-refractivity contribution is 0.699. The zero-order valence-electron chi connectivity index (χ0n) is 14.3. The molecule has 0 unspecified atom stereocenters. The lowest BCUT2D eigenvalue weighted by atomic mass is 10.0. The quantitative estimate of drug-likeness (QED) is 0.756. The number of allylic oxidation sites excluding steroid dienone is 1. The Balaban J connectivity index is 2.31. The molecule has 0 atom stereocenters. The highest BCUT2D eigenvalue weighted by molar-refractivity contribution is 5.68. The fourth-order valence-corrected chi connectivity index (χ4v) is 2.60. The predicted molar refractivity (Wildman–Crippen MR) is 101 cm³/mol. The summed E-state index contributed by atoms with van der Waals surface area (Å²) in [6.07, 6.45) is 3.83. The predicted octanol–water partition coefficient (Wildman–Crippen LogP) is 5.21. The van der Waals surface area contributed by atoms with Gasteiger partial charge in [-0.3, -0.25) is 0 Å². The highest BCUT2D eigenvalue weighted by atomic mass is 15.2. The molecule has 0 saturated carbocycles. The van der Waals surface area contributed by atoms with Gasteiger partial charge >= 0.3 is 0 Å². The number of benzene rings is 2. The van der Waals surface area contributed by atoms with Gasteiger partial charge in [-0.1, -0.05) is 55.1 Å². The molecule has 0 aromatic heterocycles. The van der Waals surface area contributed by atoms with Crippen molar-refractivity contribution >= 4 is 5.69 Å². The minimum absolute atomic E-state index is 0.405. The highest BCUT2D eigenvalue weighted by Crippen LogP contribution is 2.26. The Hall–Kier alpha value is -2.48. The molecule has 1 N–H and O–H groups in total. The first-order valence-corrected chi connectivity index (χ1v) is 8.10. The Bertz CT molecular complexity index is 657. The maximum absolute atomic E-state index is 3.76. The largest absolute Gasteiger partial charge is 0.364 e. The van der Waals surface area contributed by atoms with Crippen LogP contribution >= 0.6 is 0 Å². The molecule has 0 aliphatic carbocycles. The van der Waals surface area contributed by atoms with Crippen LogP contribution in [0.1, 0.15) is 20.8 Å². The smallest absolute Gasteiger partial charge is 0.0579 e. The Morgan fingerprint density at radius 2 is 1.78 bits per heavy atom. The first kappa shape index (κ1) is 16.9. The molecule has 0 heterocycles. The lowest BCUT2D eigenvalue weighted by Gasteiger charge is -2.30. The molecule has 2 nitrogen and oxygen atoms in total. The summed E-state index contributed by atoms with van der Waals surface area (Å²) in [6, 6.07) is 19.6.